The van der Waals surface area contributed by atoms with Crippen LogP contribution in [0.15, 0.2) is 38.5 Å². The molecule has 8 heteroatoms. The lowest BCUT2D eigenvalue weighted by Crippen LogP contribution is -2.15. The molecule has 0 amide bonds. The molecule has 3 aromatic rings. The standard InChI is InChI=1S/C14H12N4O4/c1-2-9-5-10(19)22-13-11(9)12(20)17-14(18-13)21-7-8-3-4-15-16-6-8/h3-6H,2,7H2,1H3,(H,17,18,20). The van der Waals surface area contributed by atoms with Crippen molar-refractivity contribution in [3.63, 3.8) is 0 Å². The number of hydrogen-bond acceptors (Lipinski definition) is 7. The molecule has 8 nitrogen and oxygen atoms in total. The Morgan fingerprint density at radius 2 is 2.18 bits per heavy atom. The summed E-state index contributed by atoms with van der Waals surface area (Å²) in [7, 11) is 0. The Balaban J connectivity index is 1.99. The average molecular weight is 300 g/mol. The maximum Gasteiger partial charge on any atom is 0.337 e. The van der Waals surface area contributed by atoms with E-state index in [1.165, 1.54) is 18.5 Å². The van der Waals surface area contributed by atoms with Gasteiger partial charge in [-0.1, -0.05) is 6.92 Å². The van der Waals surface area contributed by atoms with Crippen LogP contribution in [0.5, 0.6) is 6.01 Å². The van der Waals surface area contributed by atoms with Crippen LogP contribution in [-0.4, -0.2) is 20.2 Å². The van der Waals surface area contributed by atoms with E-state index < -0.39 is 11.2 Å². The van der Waals surface area contributed by atoms with Crippen LogP contribution >= 0.6 is 0 Å². The van der Waals surface area contributed by atoms with Gasteiger partial charge in [-0.3, -0.25) is 9.78 Å². The minimum absolute atomic E-state index is 0.0225. The Morgan fingerprint density at radius 3 is 2.91 bits per heavy atom. The number of rotatable bonds is 4. The number of aromatic nitrogens is 4. The van der Waals surface area contributed by atoms with Crippen LogP contribution in [0, 0.1) is 0 Å². The van der Waals surface area contributed by atoms with Crippen molar-refractivity contribution in [1.29, 1.82) is 0 Å². The molecule has 0 aliphatic carbocycles. The Hall–Kier alpha value is -3.03. The molecular formula is C14H12N4O4. The summed E-state index contributed by atoms with van der Waals surface area (Å²) in [6.45, 7) is 2.00. The fourth-order valence-electron chi connectivity index (χ4n) is 2.03. The molecule has 22 heavy (non-hydrogen) atoms. The van der Waals surface area contributed by atoms with Crippen LogP contribution in [0.4, 0.5) is 0 Å². The zero-order valence-corrected chi connectivity index (χ0v) is 11.7. The number of hydrogen-bond donors (Lipinski definition) is 1. The molecule has 0 aliphatic rings. The second-order valence-electron chi connectivity index (χ2n) is 4.53. The van der Waals surface area contributed by atoms with Crippen molar-refractivity contribution in [1.82, 2.24) is 20.2 Å². The molecule has 0 radical (unpaired) electrons. The third-order valence-electron chi connectivity index (χ3n) is 3.08. The van der Waals surface area contributed by atoms with Crippen LogP contribution in [0.2, 0.25) is 0 Å². The van der Waals surface area contributed by atoms with Gasteiger partial charge in [-0.15, -0.1) is 0 Å². The first-order valence-electron chi connectivity index (χ1n) is 6.63. The molecule has 0 spiro atoms. The molecule has 1 N–H and O–H groups in total. The number of aromatic amines is 1. The monoisotopic (exact) mass is 300 g/mol. The van der Waals surface area contributed by atoms with Gasteiger partial charge in [-0.05, 0) is 18.1 Å². The summed E-state index contributed by atoms with van der Waals surface area (Å²) >= 11 is 0. The van der Waals surface area contributed by atoms with Crippen molar-refractivity contribution in [3.8, 4) is 6.01 Å². The van der Waals surface area contributed by atoms with Crippen LogP contribution in [0.25, 0.3) is 11.1 Å². The highest BCUT2D eigenvalue weighted by molar-refractivity contribution is 5.75. The Labute approximate surface area is 123 Å². The molecule has 112 valence electrons. The summed E-state index contributed by atoms with van der Waals surface area (Å²) in [6.07, 6.45) is 3.59. The summed E-state index contributed by atoms with van der Waals surface area (Å²) in [5.74, 6) is 0. The van der Waals surface area contributed by atoms with Gasteiger partial charge in [-0.2, -0.15) is 15.2 Å². The molecule has 3 aromatic heterocycles. The summed E-state index contributed by atoms with van der Waals surface area (Å²) in [5.41, 5.74) is 0.363. The molecule has 0 saturated carbocycles. The SMILES string of the molecule is CCc1cc(=O)oc2nc(OCc3ccnnc3)[nH]c(=O)c12. The largest absolute Gasteiger partial charge is 0.460 e. The second-order valence-corrected chi connectivity index (χ2v) is 4.53. The number of aryl methyl sites for hydroxylation is 1. The number of fused-ring (bicyclic) bond motifs is 1. The minimum atomic E-state index is -0.549. The molecule has 0 bridgehead atoms. The third-order valence-corrected chi connectivity index (χ3v) is 3.08. The highest BCUT2D eigenvalue weighted by Gasteiger charge is 2.12. The van der Waals surface area contributed by atoms with E-state index in [9.17, 15) is 9.59 Å². The maximum absolute atomic E-state index is 12.1. The fourth-order valence-corrected chi connectivity index (χ4v) is 2.03. The van der Waals surface area contributed by atoms with Crippen molar-refractivity contribution < 1.29 is 9.15 Å². The molecule has 0 aliphatic heterocycles. The van der Waals surface area contributed by atoms with Crippen molar-refractivity contribution in [2.24, 2.45) is 0 Å². The summed E-state index contributed by atoms with van der Waals surface area (Å²) in [4.78, 5) is 30.2. The van der Waals surface area contributed by atoms with Crippen LogP contribution in [0.1, 0.15) is 18.1 Å². The van der Waals surface area contributed by atoms with Crippen molar-refractivity contribution >= 4 is 11.1 Å². The molecule has 0 atom stereocenters. The fraction of sp³-hybridized carbons (Fsp3) is 0.214. The van der Waals surface area contributed by atoms with E-state index in [1.54, 1.807) is 6.07 Å². The molecule has 0 saturated heterocycles. The van der Waals surface area contributed by atoms with E-state index in [-0.39, 0.29) is 23.7 Å². The van der Waals surface area contributed by atoms with Gasteiger partial charge in [0.25, 0.3) is 11.6 Å². The molecular weight excluding hydrogens is 288 g/mol. The van der Waals surface area contributed by atoms with Gasteiger partial charge < -0.3 is 9.15 Å². The topological polar surface area (TPSA) is 111 Å². The second kappa shape index (κ2) is 5.76. The lowest BCUT2D eigenvalue weighted by atomic mass is 10.1. The zero-order chi connectivity index (χ0) is 15.5. The van der Waals surface area contributed by atoms with Gasteiger partial charge in [-0.25, -0.2) is 4.79 Å². The van der Waals surface area contributed by atoms with Crippen molar-refractivity contribution in [2.75, 3.05) is 0 Å². The first kappa shape index (κ1) is 13.9. The zero-order valence-electron chi connectivity index (χ0n) is 11.7. The molecule has 3 heterocycles. The quantitative estimate of drug-likeness (QED) is 0.758. The highest BCUT2D eigenvalue weighted by Crippen LogP contribution is 2.14. The van der Waals surface area contributed by atoms with Gasteiger partial charge >= 0.3 is 5.63 Å². The predicted octanol–water partition coefficient (Wildman–Crippen LogP) is 0.808. The molecule has 0 fully saturated rings. The average Bonchev–Trinajstić information content (AvgIpc) is 2.52. The van der Waals surface area contributed by atoms with E-state index >= 15 is 0 Å². The van der Waals surface area contributed by atoms with Crippen LogP contribution in [-0.2, 0) is 13.0 Å². The molecule has 0 unspecified atom stereocenters. The Morgan fingerprint density at radius 1 is 1.32 bits per heavy atom. The highest BCUT2D eigenvalue weighted by atomic mass is 16.5. The van der Waals surface area contributed by atoms with Gasteiger partial charge in [0.2, 0.25) is 5.71 Å². The van der Waals surface area contributed by atoms with E-state index in [0.717, 1.165) is 5.56 Å². The Kier molecular flexibility index (Phi) is 3.65. The number of nitrogens with one attached hydrogen (secondary N) is 1. The smallest absolute Gasteiger partial charge is 0.337 e. The summed E-state index contributed by atoms with van der Waals surface area (Å²) < 4.78 is 10.4. The first-order chi connectivity index (χ1) is 10.7. The van der Waals surface area contributed by atoms with Crippen molar-refractivity contribution in [2.45, 2.75) is 20.0 Å². The van der Waals surface area contributed by atoms with Gasteiger partial charge in [0, 0.05) is 17.8 Å². The lowest BCUT2D eigenvalue weighted by Gasteiger charge is -2.06. The van der Waals surface area contributed by atoms with Gasteiger partial charge in [0.05, 0.1) is 6.20 Å². The maximum atomic E-state index is 12.1. The van der Waals surface area contributed by atoms with E-state index in [4.69, 9.17) is 9.15 Å². The Bertz CT molecular complexity index is 918. The van der Waals surface area contributed by atoms with Crippen LogP contribution < -0.4 is 15.9 Å². The number of H-pyrrole nitrogens is 1. The van der Waals surface area contributed by atoms with Crippen LogP contribution in [0.3, 0.4) is 0 Å². The van der Waals surface area contributed by atoms with E-state index in [2.05, 4.69) is 20.2 Å². The summed E-state index contributed by atoms with van der Waals surface area (Å²) in [6, 6.07) is 3.00. The lowest BCUT2D eigenvalue weighted by molar-refractivity contribution is 0.279. The van der Waals surface area contributed by atoms with E-state index in [0.29, 0.717) is 12.0 Å². The number of nitrogens with zero attached hydrogens (tertiary/aromatic N) is 3. The van der Waals surface area contributed by atoms with Crippen molar-refractivity contribution in [3.05, 3.63) is 56.4 Å². The minimum Gasteiger partial charge on any atom is -0.460 e. The number of ether oxygens (including phenoxy) is 1. The van der Waals surface area contributed by atoms with Gasteiger partial charge in [0.1, 0.15) is 12.0 Å². The van der Waals surface area contributed by atoms with Gasteiger partial charge in [0.15, 0.2) is 0 Å². The molecule has 3 rings (SSSR count). The van der Waals surface area contributed by atoms with E-state index in [1.807, 2.05) is 6.92 Å². The molecule has 0 aromatic carbocycles. The third kappa shape index (κ3) is 2.71. The first-order valence-corrected chi connectivity index (χ1v) is 6.63. The summed E-state index contributed by atoms with van der Waals surface area (Å²) in [5, 5.41) is 7.64. The predicted molar refractivity (Wildman–Crippen MR) is 76.6 cm³/mol. The normalized spacial score (nSPS) is 10.8.